The normalized spacial score (nSPS) is 12.9. The number of amidine groups is 1. The summed E-state index contributed by atoms with van der Waals surface area (Å²) in [6, 6.07) is 0. The lowest BCUT2D eigenvalue weighted by Gasteiger charge is -2.22. The van der Waals surface area contributed by atoms with Crippen LogP contribution < -0.4 is 11.1 Å². The van der Waals surface area contributed by atoms with Crippen LogP contribution in [0.25, 0.3) is 0 Å². The maximum absolute atomic E-state index is 8.68. The Morgan fingerprint density at radius 3 is 2.84 bits per heavy atom. The molecular weight excluding hydrogens is 260 g/mol. The van der Waals surface area contributed by atoms with Crippen LogP contribution in [-0.2, 0) is 6.54 Å². The van der Waals surface area contributed by atoms with Crippen LogP contribution in [0.3, 0.4) is 0 Å². The number of aromatic nitrogens is 1. The summed E-state index contributed by atoms with van der Waals surface area (Å²) in [4.78, 5) is 4.40. The van der Waals surface area contributed by atoms with Gasteiger partial charge in [-0.15, -0.1) is 11.3 Å². The molecule has 0 aliphatic carbocycles. The number of nitrogens with zero attached hydrogens (tertiary/aromatic N) is 2. The average Bonchev–Trinajstić information content (AvgIpc) is 2.78. The van der Waals surface area contributed by atoms with E-state index in [2.05, 4.69) is 20.8 Å². The lowest BCUT2D eigenvalue weighted by Crippen LogP contribution is -2.32. The molecule has 0 aliphatic rings. The molecule has 0 aliphatic heterocycles. The highest BCUT2D eigenvalue weighted by atomic mass is 32.1. The fraction of sp³-hybridized carbons (Fsp3) is 0.692. The second kappa shape index (κ2) is 7.45. The molecule has 1 aromatic heterocycles. The Morgan fingerprint density at radius 2 is 2.26 bits per heavy atom. The summed E-state index contributed by atoms with van der Waals surface area (Å²) in [6.45, 7) is 7.79. The van der Waals surface area contributed by atoms with Crippen LogP contribution in [0.2, 0.25) is 0 Å². The number of hydrogen-bond acceptors (Lipinski definition) is 5. The van der Waals surface area contributed by atoms with Gasteiger partial charge < -0.3 is 16.3 Å². The molecule has 0 saturated carbocycles. The van der Waals surface area contributed by atoms with E-state index in [9.17, 15) is 0 Å². The number of hydrogen-bond donors (Lipinski definition) is 3. The van der Waals surface area contributed by atoms with E-state index in [1.807, 2.05) is 20.8 Å². The van der Waals surface area contributed by atoms with E-state index in [-0.39, 0.29) is 5.41 Å². The van der Waals surface area contributed by atoms with Gasteiger partial charge in [-0.1, -0.05) is 25.4 Å². The summed E-state index contributed by atoms with van der Waals surface area (Å²) in [5, 5.41) is 18.3. The van der Waals surface area contributed by atoms with E-state index in [0.717, 1.165) is 43.1 Å². The Labute approximate surface area is 118 Å². The predicted molar refractivity (Wildman–Crippen MR) is 79.6 cm³/mol. The van der Waals surface area contributed by atoms with Gasteiger partial charge in [0, 0.05) is 17.3 Å². The molecule has 5 nitrogen and oxygen atoms in total. The Balaban J connectivity index is 2.11. The van der Waals surface area contributed by atoms with Crippen molar-refractivity contribution in [1.82, 2.24) is 10.3 Å². The Hall–Kier alpha value is -1.14. The first-order valence-corrected chi connectivity index (χ1v) is 7.43. The fourth-order valence-electron chi connectivity index (χ4n) is 1.79. The highest BCUT2D eigenvalue weighted by Gasteiger charge is 2.22. The monoisotopic (exact) mass is 284 g/mol. The van der Waals surface area contributed by atoms with Crippen molar-refractivity contribution in [3.05, 3.63) is 16.1 Å². The third kappa shape index (κ3) is 5.57. The van der Waals surface area contributed by atoms with Gasteiger partial charge in [0.25, 0.3) is 0 Å². The van der Waals surface area contributed by atoms with E-state index in [4.69, 9.17) is 10.9 Å². The Bertz CT molecular complexity index is 415. The van der Waals surface area contributed by atoms with Crippen LogP contribution >= 0.6 is 11.3 Å². The average molecular weight is 284 g/mol. The van der Waals surface area contributed by atoms with Crippen molar-refractivity contribution >= 4 is 17.2 Å². The van der Waals surface area contributed by atoms with E-state index in [0.29, 0.717) is 5.84 Å². The second-order valence-electron chi connectivity index (χ2n) is 5.36. The minimum absolute atomic E-state index is 0.235. The minimum Gasteiger partial charge on any atom is -0.409 e. The van der Waals surface area contributed by atoms with Gasteiger partial charge in [-0.2, -0.15) is 0 Å². The molecule has 0 atom stereocenters. The van der Waals surface area contributed by atoms with Gasteiger partial charge >= 0.3 is 0 Å². The first kappa shape index (κ1) is 15.9. The quantitative estimate of drug-likeness (QED) is 0.225. The molecule has 1 rings (SSSR count). The largest absolute Gasteiger partial charge is 0.409 e. The lowest BCUT2D eigenvalue weighted by atomic mass is 9.86. The molecule has 0 amide bonds. The molecule has 1 aromatic rings. The predicted octanol–water partition coefficient (Wildman–Crippen LogP) is 2.48. The van der Waals surface area contributed by atoms with Gasteiger partial charge in [0.15, 0.2) is 0 Å². The van der Waals surface area contributed by atoms with Crippen molar-refractivity contribution in [1.29, 1.82) is 0 Å². The first-order chi connectivity index (χ1) is 8.95. The SMILES string of the molecule is Cc1nc(CNCCCCC(C)(C)C(N)=NO)cs1. The van der Waals surface area contributed by atoms with Crippen LogP contribution in [0.5, 0.6) is 0 Å². The molecule has 0 bridgehead atoms. The molecule has 6 heteroatoms. The number of nitrogens with two attached hydrogens (primary N) is 1. The van der Waals surface area contributed by atoms with Crippen molar-refractivity contribution in [2.75, 3.05) is 6.54 Å². The van der Waals surface area contributed by atoms with Crippen LogP contribution in [-0.4, -0.2) is 22.6 Å². The summed E-state index contributed by atoms with van der Waals surface area (Å²) >= 11 is 1.68. The zero-order valence-corrected chi connectivity index (χ0v) is 12.8. The van der Waals surface area contributed by atoms with E-state index in [1.54, 1.807) is 11.3 Å². The topological polar surface area (TPSA) is 83.5 Å². The summed E-state index contributed by atoms with van der Waals surface area (Å²) < 4.78 is 0. The van der Waals surface area contributed by atoms with Gasteiger partial charge in [-0.25, -0.2) is 4.98 Å². The first-order valence-electron chi connectivity index (χ1n) is 6.55. The molecule has 0 radical (unpaired) electrons. The standard InChI is InChI=1S/C13H24N4OS/c1-10-16-11(9-19-10)8-15-7-5-4-6-13(2,3)12(14)17-18/h9,15,18H,4-8H2,1-3H3,(H2,14,17). The number of thiazole rings is 1. The third-order valence-corrected chi connectivity index (χ3v) is 4.00. The van der Waals surface area contributed by atoms with Crippen molar-refractivity contribution < 1.29 is 5.21 Å². The zero-order chi connectivity index (χ0) is 14.3. The van der Waals surface area contributed by atoms with Crippen LogP contribution in [0.15, 0.2) is 10.5 Å². The van der Waals surface area contributed by atoms with E-state index < -0.39 is 0 Å². The minimum atomic E-state index is -0.235. The van der Waals surface area contributed by atoms with Crippen LogP contribution in [0.4, 0.5) is 0 Å². The van der Waals surface area contributed by atoms with Crippen LogP contribution in [0, 0.1) is 12.3 Å². The second-order valence-corrected chi connectivity index (χ2v) is 6.42. The van der Waals surface area contributed by atoms with Crippen molar-refractivity contribution in [2.24, 2.45) is 16.3 Å². The smallest absolute Gasteiger partial charge is 0.144 e. The maximum atomic E-state index is 8.68. The zero-order valence-electron chi connectivity index (χ0n) is 11.9. The molecule has 0 aromatic carbocycles. The lowest BCUT2D eigenvalue weighted by molar-refractivity contribution is 0.304. The fourth-order valence-corrected chi connectivity index (χ4v) is 2.40. The molecule has 19 heavy (non-hydrogen) atoms. The highest BCUT2D eigenvalue weighted by molar-refractivity contribution is 7.09. The Kier molecular flexibility index (Phi) is 6.24. The summed E-state index contributed by atoms with van der Waals surface area (Å²) in [6.07, 6.45) is 3.04. The van der Waals surface area contributed by atoms with Crippen molar-refractivity contribution in [3.63, 3.8) is 0 Å². The molecular formula is C13H24N4OS. The number of rotatable bonds is 8. The van der Waals surface area contributed by atoms with Gasteiger partial charge in [0.05, 0.1) is 10.7 Å². The molecule has 0 fully saturated rings. The Morgan fingerprint density at radius 1 is 1.53 bits per heavy atom. The molecule has 108 valence electrons. The van der Waals surface area contributed by atoms with E-state index >= 15 is 0 Å². The molecule has 4 N–H and O–H groups in total. The number of oxime groups is 1. The summed E-state index contributed by atoms with van der Waals surface area (Å²) in [5.74, 6) is 0.304. The highest BCUT2D eigenvalue weighted by Crippen LogP contribution is 2.23. The van der Waals surface area contributed by atoms with Gasteiger partial charge in [0.1, 0.15) is 5.84 Å². The number of nitrogens with one attached hydrogen (secondary N) is 1. The summed E-state index contributed by atoms with van der Waals surface area (Å²) in [7, 11) is 0. The maximum Gasteiger partial charge on any atom is 0.144 e. The van der Waals surface area contributed by atoms with Gasteiger partial charge in [0.2, 0.25) is 0 Å². The molecule has 1 heterocycles. The van der Waals surface area contributed by atoms with E-state index in [1.165, 1.54) is 0 Å². The molecule has 0 spiro atoms. The van der Waals surface area contributed by atoms with Gasteiger partial charge in [-0.05, 0) is 26.3 Å². The summed E-state index contributed by atoms with van der Waals surface area (Å²) in [5.41, 5.74) is 6.52. The molecule has 0 saturated heterocycles. The van der Waals surface area contributed by atoms with Gasteiger partial charge in [-0.3, -0.25) is 0 Å². The van der Waals surface area contributed by atoms with Crippen molar-refractivity contribution in [3.8, 4) is 0 Å². The molecule has 0 unspecified atom stereocenters. The number of aryl methyl sites for hydroxylation is 1. The van der Waals surface area contributed by atoms with Crippen LogP contribution in [0.1, 0.15) is 43.8 Å². The number of unbranched alkanes of at least 4 members (excludes halogenated alkanes) is 1. The van der Waals surface area contributed by atoms with Crippen molar-refractivity contribution in [2.45, 2.75) is 46.6 Å². The third-order valence-electron chi connectivity index (χ3n) is 3.18.